The van der Waals surface area contributed by atoms with Crippen LogP contribution in [0.3, 0.4) is 0 Å². The van der Waals surface area contributed by atoms with Gasteiger partial charge in [-0.25, -0.2) is 8.42 Å². The summed E-state index contributed by atoms with van der Waals surface area (Å²) in [6.07, 6.45) is 4.52. The van der Waals surface area contributed by atoms with Crippen molar-refractivity contribution in [2.45, 2.75) is 70.3 Å². The zero-order chi connectivity index (χ0) is 18.9. The van der Waals surface area contributed by atoms with E-state index in [4.69, 9.17) is 0 Å². The second kappa shape index (κ2) is 7.56. The third-order valence-corrected chi connectivity index (χ3v) is 7.86. The minimum Gasteiger partial charge on any atom is -0.228 e. The van der Waals surface area contributed by atoms with E-state index in [0.29, 0.717) is 5.92 Å². The lowest BCUT2D eigenvalue weighted by Gasteiger charge is -2.12. The van der Waals surface area contributed by atoms with Gasteiger partial charge < -0.3 is 0 Å². The summed E-state index contributed by atoms with van der Waals surface area (Å²) < 4.78 is 24.1. The van der Waals surface area contributed by atoms with Gasteiger partial charge in [0.2, 0.25) is 0 Å². The van der Waals surface area contributed by atoms with Crippen molar-refractivity contribution >= 4 is 9.84 Å². The van der Waals surface area contributed by atoms with Crippen LogP contribution in [0, 0.1) is 6.92 Å². The highest BCUT2D eigenvalue weighted by Gasteiger charge is 2.21. The molecule has 26 heavy (non-hydrogen) atoms. The van der Waals surface area contributed by atoms with Gasteiger partial charge in [0.25, 0.3) is 0 Å². The molecule has 2 aromatic rings. The second-order valence-electron chi connectivity index (χ2n) is 8.10. The Labute approximate surface area is 158 Å². The first-order chi connectivity index (χ1) is 12.3. The van der Waals surface area contributed by atoms with Crippen LogP contribution in [0.25, 0.3) is 0 Å². The minimum atomic E-state index is -3.03. The quantitative estimate of drug-likeness (QED) is 0.704. The van der Waals surface area contributed by atoms with Gasteiger partial charge in [-0.05, 0) is 85.8 Å². The van der Waals surface area contributed by atoms with Crippen molar-refractivity contribution in [2.75, 3.05) is 0 Å². The molecule has 1 aliphatic carbocycles. The molecule has 3 heteroatoms. The molecule has 0 aliphatic heterocycles. The summed E-state index contributed by atoms with van der Waals surface area (Å²) in [5, 5.41) is -0.326. The van der Waals surface area contributed by atoms with E-state index < -0.39 is 9.84 Å². The van der Waals surface area contributed by atoms with Gasteiger partial charge in [0.15, 0.2) is 9.84 Å². The smallest absolute Gasteiger partial charge is 0.156 e. The maximum atomic E-state index is 12.0. The predicted molar refractivity (Wildman–Crippen MR) is 110 cm³/mol. The van der Waals surface area contributed by atoms with Crippen molar-refractivity contribution in [1.29, 1.82) is 0 Å². The fraction of sp³-hybridized carbons (Fsp3) is 0.478. The van der Waals surface area contributed by atoms with Gasteiger partial charge in [-0.3, -0.25) is 0 Å². The Bertz CT molecular complexity index is 877. The Morgan fingerprint density at radius 2 is 1.62 bits per heavy atom. The van der Waals surface area contributed by atoms with Gasteiger partial charge >= 0.3 is 0 Å². The molecule has 140 valence electrons. The third kappa shape index (κ3) is 4.20. The predicted octanol–water partition coefficient (Wildman–Crippen LogP) is 5.15. The SMILES string of the molecule is Cc1cc(CCc2ccc(CS(=O)(=O)C(C)C)cc2)cc2c1C(C)CC2. The van der Waals surface area contributed by atoms with Gasteiger partial charge in [-0.1, -0.05) is 43.3 Å². The highest BCUT2D eigenvalue weighted by molar-refractivity contribution is 7.91. The highest BCUT2D eigenvalue weighted by Crippen LogP contribution is 2.35. The van der Waals surface area contributed by atoms with E-state index in [1.165, 1.54) is 29.5 Å². The van der Waals surface area contributed by atoms with Crippen molar-refractivity contribution in [2.24, 2.45) is 0 Å². The normalized spacial score (nSPS) is 16.9. The molecule has 0 N–H and O–H groups in total. The molecule has 0 amide bonds. The van der Waals surface area contributed by atoms with Crippen LogP contribution in [-0.4, -0.2) is 13.7 Å². The Balaban J connectivity index is 1.65. The zero-order valence-corrected chi connectivity index (χ0v) is 17.2. The highest BCUT2D eigenvalue weighted by atomic mass is 32.2. The minimum absolute atomic E-state index is 0.132. The number of benzene rings is 2. The van der Waals surface area contributed by atoms with Crippen LogP contribution in [0.2, 0.25) is 0 Å². The molecule has 2 nitrogen and oxygen atoms in total. The first-order valence-electron chi connectivity index (χ1n) is 9.68. The van der Waals surface area contributed by atoms with E-state index in [0.717, 1.165) is 18.4 Å². The summed E-state index contributed by atoms with van der Waals surface area (Å²) >= 11 is 0. The van der Waals surface area contributed by atoms with Gasteiger partial charge in [0.05, 0.1) is 11.0 Å². The number of fused-ring (bicyclic) bond motifs is 1. The average molecular weight is 371 g/mol. The maximum Gasteiger partial charge on any atom is 0.156 e. The molecular formula is C23H30O2S. The molecule has 0 bridgehead atoms. The van der Waals surface area contributed by atoms with Crippen LogP contribution in [0.5, 0.6) is 0 Å². The summed E-state index contributed by atoms with van der Waals surface area (Å²) in [6, 6.07) is 12.8. The van der Waals surface area contributed by atoms with Crippen LogP contribution in [0.4, 0.5) is 0 Å². The van der Waals surface area contributed by atoms with Crippen molar-refractivity contribution in [3.8, 4) is 0 Å². The molecule has 0 saturated heterocycles. The van der Waals surface area contributed by atoms with Crippen LogP contribution < -0.4 is 0 Å². The largest absolute Gasteiger partial charge is 0.228 e. The van der Waals surface area contributed by atoms with Crippen LogP contribution >= 0.6 is 0 Å². The lowest BCUT2D eigenvalue weighted by molar-refractivity contribution is 0.586. The molecule has 0 saturated carbocycles. The first-order valence-corrected chi connectivity index (χ1v) is 11.4. The number of sulfone groups is 1. The topological polar surface area (TPSA) is 34.1 Å². The molecule has 0 spiro atoms. The molecule has 0 aromatic heterocycles. The zero-order valence-electron chi connectivity index (χ0n) is 16.4. The van der Waals surface area contributed by atoms with E-state index in [9.17, 15) is 8.42 Å². The number of rotatable bonds is 6. The Hall–Kier alpha value is -1.61. The summed E-state index contributed by atoms with van der Waals surface area (Å²) in [7, 11) is -3.03. The van der Waals surface area contributed by atoms with E-state index in [1.807, 2.05) is 12.1 Å². The summed E-state index contributed by atoms with van der Waals surface area (Å²) in [4.78, 5) is 0. The van der Waals surface area contributed by atoms with Gasteiger partial charge in [0.1, 0.15) is 0 Å². The monoisotopic (exact) mass is 370 g/mol. The summed E-state index contributed by atoms with van der Waals surface area (Å²) in [6.45, 7) is 8.06. The lowest BCUT2D eigenvalue weighted by atomic mass is 9.93. The van der Waals surface area contributed by atoms with Gasteiger partial charge in [-0.15, -0.1) is 0 Å². The van der Waals surface area contributed by atoms with E-state index in [-0.39, 0.29) is 11.0 Å². The maximum absolute atomic E-state index is 12.0. The lowest BCUT2D eigenvalue weighted by Crippen LogP contribution is -2.15. The van der Waals surface area contributed by atoms with E-state index in [2.05, 4.69) is 38.1 Å². The fourth-order valence-electron chi connectivity index (χ4n) is 4.01. The Morgan fingerprint density at radius 3 is 2.27 bits per heavy atom. The van der Waals surface area contributed by atoms with Crippen LogP contribution in [-0.2, 0) is 34.9 Å². The Kier molecular flexibility index (Phi) is 5.57. The van der Waals surface area contributed by atoms with E-state index in [1.54, 1.807) is 25.0 Å². The fourth-order valence-corrected chi connectivity index (χ4v) is 5.01. The molecule has 1 aliphatic rings. The second-order valence-corrected chi connectivity index (χ2v) is 10.7. The van der Waals surface area contributed by atoms with Gasteiger partial charge in [-0.2, -0.15) is 0 Å². The van der Waals surface area contributed by atoms with Crippen molar-refractivity contribution < 1.29 is 8.42 Å². The van der Waals surface area contributed by atoms with Crippen molar-refractivity contribution in [3.63, 3.8) is 0 Å². The first kappa shape index (κ1) is 19.2. The molecule has 3 rings (SSSR count). The number of aryl methyl sites for hydroxylation is 4. The van der Waals surface area contributed by atoms with Gasteiger partial charge in [0, 0.05) is 0 Å². The van der Waals surface area contributed by atoms with Crippen molar-refractivity contribution in [3.05, 3.63) is 69.8 Å². The third-order valence-electron chi connectivity index (χ3n) is 5.68. The summed E-state index contributed by atoms with van der Waals surface area (Å²) in [5.74, 6) is 0.835. The average Bonchev–Trinajstić information content (AvgIpc) is 2.95. The van der Waals surface area contributed by atoms with Crippen LogP contribution in [0.1, 0.15) is 66.5 Å². The molecule has 1 unspecified atom stereocenters. The van der Waals surface area contributed by atoms with E-state index >= 15 is 0 Å². The van der Waals surface area contributed by atoms with Crippen LogP contribution in [0.15, 0.2) is 36.4 Å². The molecule has 0 heterocycles. The van der Waals surface area contributed by atoms with Crippen molar-refractivity contribution in [1.82, 2.24) is 0 Å². The Morgan fingerprint density at radius 1 is 1.00 bits per heavy atom. The molecule has 0 radical (unpaired) electrons. The number of hydrogen-bond donors (Lipinski definition) is 0. The summed E-state index contributed by atoms with van der Waals surface area (Å²) in [5.41, 5.74) is 8.12. The molecular weight excluding hydrogens is 340 g/mol. The molecule has 0 fully saturated rings. The standard InChI is InChI=1S/C23H30O2S/c1-16(2)26(24,25)15-20-9-6-19(7-10-20)8-11-21-13-18(4)23-17(3)5-12-22(23)14-21/h6-7,9-10,13-14,16-17H,5,8,11-12,15H2,1-4H3. The molecule has 2 aromatic carbocycles. The molecule has 1 atom stereocenters. The number of hydrogen-bond acceptors (Lipinski definition) is 2.